The standard InChI is InChI=1S/C23H25FN6O3/c1-33-20-12-6-16(7-13-20)23-26-28-30(27-23)15-22(32)29(19-10-8-17(24)9-11-19)14-21(31)25-18-4-2-3-5-18/h6-13,18H,2-5,14-15H2,1H3,(H,25,31). The van der Waals surface area contributed by atoms with Crippen molar-refractivity contribution in [2.45, 2.75) is 38.3 Å². The van der Waals surface area contributed by atoms with Crippen molar-refractivity contribution in [3.05, 3.63) is 54.3 Å². The zero-order valence-corrected chi connectivity index (χ0v) is 18.3. The van der Waals surface area contributed by atoms with E-state index in [9.17, 15) is 14.0 Å². The Morgan fingerprint density at radius 3 is 2.48 bits per heavy atom. The summed E-state index contributed by atoms with van der Waals surface area (Å²) in [4.78, 5) is 28.2. The minimum absolute atomic E-state index is 0.131. The molecular formula is C23H25FN6O3. The van der Waals surface area contributed by atoms with E-state index >= 15 is 0 Å². The van der Waals surface area contributed by atoms with E-state index in [0.29, 0.717) is 17.3 Å². The number of amides is 2. The Balaban J connectivity index is 1.47. The van der Waals surface area contributed by atoms with Crippen molar-refractivity contribution in [2.24, 2.45) is 0 Å². The van der Waals surface area contributed by atoms with Gasteiger partial charge in [-0.15, -0.1) is 10.2 Å². The fourth-order valence-electron chi connectivity index (χ4n) is 3.80. The first kappa shape index (κ1) is 22.4. The number of carbonyl (C=O) groups excluding carboxylic acids is 2. The van der Waals surface area contributed by atoms with E-state index in [4.69, 9.17) is 4.74 Å². The van der Waals surface area contributed by atoms with E-state index in [2.05, 4.69) is 20.7 Å². The van der Waals surface area contributed by atoms with Crippen molar-refractivity contribution in [1.82, 2.24) is 25.5 Å². The summed E-state index contributed by atoms with van der Waals surface area (Å²) in [5, 5.41) is 15.2. The highest BCUT2D eigenvalue weighted by molar-refractivity contribution is 5.98. The quantitative estimate of drug-likeness (QED) is 0.564. The molecule has 0 bridgehead atoms. The predicted molar refractivity (Wildman–Crippen MR) is 119 cm³/mol. The van der Waals surface area contributed by atoms with Gasteiger partial charge in [0.15, 0.2) is 0 Å². The number of hydrogen-bond donors (Lipinski definition) is 1. The van der Waals surface area contributed by atoms with Crippen LogP contribution in [0, 0.1) is 5.82 Å². The molecule has 1 N–H and O–H groups in total. The summed E-state index contributed by atoms with van der Waals surface area (Å²) in [5.41, 5.74) is 1.14. The SMILES string of the molecule is COc1ccc(-c2nnn(CC(=O)N(CC(=O)NC3CCCC3)c3ccc(F)cc3)n2)cc1. The van der Waals surface area contributed by atoms with Crippen LogP contribution in [0.15, 0.2) is 48.5 Å². The number of aromatic nitrogens is 4. The highest BCUT2D eigenvalue weighted by atomic mass is 19.1. The third-order valence-electron chi connectivity index (χ3n) is 5.54. The van der Waals surface area contributed by atoms with E-state index in [0.717, 1.165) is 31.2 Å². The van der Waals surface area contributed by atoms with Gasteiger partial charge in [0.2, 0.25) is 11.7 Å². The molecule has 33 heavy (non-hydrogen) atoms. The summed E-state index contributed by atoms with van der Waals surface area (Å²) < 4.78 is 18.6. The monoisotopic (exact) mass is 452 g/mol. The maximum Gasteiger partial charge on any atom is 0.251 e. The minimum atomic E-state index is -0.427. The van der Waals surface area contributed by atoms with Crippen LogP contribution in [-0.2, 0) is 16.1 Å². The summed E-state index contributed by atoms with van der Waals surface area (Å²) >= 11 is 0. The molecule has 1 heterocycles. The number of hydrogen-bond acceptors (Lipinski definition) is 6. The molecule has 1 aromatic heterocycles. The number of nitrogens with zero attached hydrogens (tertiary/aromatic N) is 5. The number of ether oxygens (including phenoxy) is 1. The van der Waals surface area contributed by atoms with Crippen molar-refractivity contribution in [3.63, 3.8) is 0 Å². The summed E-state index contributed by atoms with van der Waals surface area (Å²) in [5.74, 6) is -0.0413. The molecule has 0 unspecified atom stereocenters. The molecule has 2 aromatic carbocycles. The number of carbonyl (C=O) groups is 2. The number of tetrazole rings is 1. The average Bonchev–Trinajstić information content (AvgIpc) is 3.50. The first-order valence-electron chi connectivity index (χ1n) is 10.8. The fourth-order valence-corrected chi connectivity index (χ4v) is 3.80. The summed E-state index contributed by atoms with van der Waals surface area (Å²) in [6, 6.07) is 12.7. The maximum atomic E-state index is 13.4. The van der Waals surface area contributed by atoms with Crippen LogP contribution in [-0.4, -0.2) is 51.7 Å². The summed E-state index contributed by atoms with van der Waals surface area (Å²) in [6.45, 7) is -0.405. The number of nitrogens with one attached hydrogen (secondary N) is 1. The van der Waals surface area contributed by atoms with Crippen LogP contribution in [0.5, 0.6) is 5.75 Å². The normalized spacial score (nSPS) is 13.6. The number of methoxy groups -OCH3 is 1. The first-order valence-corrected chi connectivity index (χ1v) is 10.8. The molecule has 0 atom stereocenters. The molecule has 0 saturated heterocycles. The Hall–Kier alpha value is -3.82. The van der Waals surface area contributed by atoms with Crippen molar-refractivity contribution >= 4 is 17.5 Å². The van der Waals surface area contributed by atoms with Crippen molar-refractivity contribution in [3.8, 4) is 17.1 Å². The van der Waals surface area contributed by atoms with Gasteiger partial charge in [0, 0.05) is 17.3 Å². The second kappa shape index (κ2) is 10.2. The fraction of sp³-hybridized carbons (Fsp3) is 0.348. The van der Waals surface area contributed by atoms with E-state index in [1.54, 1.807) is 31.4 Å². The Labute approximate surface area is 190 Å². The van der Waals surface area contributed by atoms with Gasteiger partial charge in [0.1, 0.15) is 24.7 Å². The lowest BCUT2D eigenvalue weighted by atomic mass is 10.2. The average molecular weight is 452 g/mol. The minimum Gasteiger partial charge on any atom is -0.497 e. The molecule has 10 heteroatoms. The van der Waals surface area contributed by atoms with Crippen LogP contribution in [0.3, 0.4) is 0 Å². The lowest BCUT2D eigenvalue weighted by molar-refractivity contribution is -0.124. The van der Waals surface area contributed by atoms with Gasteiger partial charge in [-0.3, -0.25) is 9.59 Å². The number of anilines is 1. The number of benzene rings is 2. The molecule has 1 aliphatic rings. The van der Waals surface area contributed by atoms with Crippen LogP contribution in [0.1, 0.15) is 25.7 Å². The molecule has 1 fully saturated rings. The molecule has 9 nitrogen and oxygen atoms in total. The highest BCUT2D eigenvalue weighted by Crippen LogP contribution is 2.20. The van der Waals surface area contributed by atoms with E-state index in [-0.39, 0.29) is 25.0 Å². The summed E-state index contributed by atoms with van der Waals surface area (Å²) in [6.07, 6.45) is 4.04. The molecule has 172 valence electrons. The Bertz CT molecular complexity index is 1090. The van der Waals surface area contributed by atoms with Crippen LogP contribution in [0.25, 0.3) is 11.4 Å². The van der Waals surface area contributed by atoms with Gasteiger partial charge in [-0.2, -0.15) is 4.80 Å². The van der Waals surface area contributed by atoms with E-state index < -0.39 is 11.7 Å². The Kier molecular flexibility index (Phi) is 6.92. The largest absolute Gasteiger partial charge is 0.497 e. The Morgan fingerprint density at radius 1 is 1.12 bits per heavy atom. The molecule has 0 aliphatic heterocycles. The molecule has 1 saturated carbocycles. The van der Waals surface area contributed by atoms with Crippen LogP contribution >= 0.6 is 0 Å². The molecule has 3 aromatic rings. The van der Waals surface area contributed by atoms with Crippen molar-refractivity contribution in [1.29, 1.82) is 0 Å². The zero-order valence-electron chi connectivity index (χ0n) is 18.3. The molecule has 0 radical (unpaired) electrons. The van der Waals surface area contributed by atoms with Gasteiger partial charge in [0.05, 0.1) is 7.11 Å². The zero-order chi connectivity index (χ0) is 23.2. The van der Waals surface area contributed by atoms with Crippen molar-refractivity contribution in [2.75, 3.05) is 18.6 Å². The van der Waals surface area contributed by atoms with E-state index in [1.165, 1.54) is 34.0 Å². The second-order valence-electron chi connectivity index (χ2n) is 7.88. The van der Waals surface area contributed by atoms with Gasteiger partial charge in [-0.05, 0) is 66.6 Å². The van der Waals surface area contributed by atoms with Gasteiger partial charge in [0.25, 0.3) is 5.91 Å². The maximum absolute atomic E-state index is 13.4. The third-order valence-corrected chi connectivity index (χ3v) is 5.54. The predicted octanol–water partition coefficient (Wildman–Crippen LogP) is 2.58. The molecule has 0 spiro atoms. The third kappa shape index (κ3) is 5.71. The van der Waals surface area contributed by atoms with Crippen LogP contribution in [0.4, 0.5) is 10.1 Å². The molecule has 2 amide bonds. The van der Waals surface area contributed by atoms with Crippen LogP contribution < -0.4 is 15.0 Å². The first-order chi connectivity index (χ1) is 16.0. The number of rotatable bonds is 8. The van der Waals surface area contributed by atoms with Crippen molar-refractivity contribution < 1.29 is 18.7 Å². The lowest BCUT2D eigenvalue weighted by Gasteiger charge is -2.23. The Morgan fingerprint density at radius 2 is 1.82 bits per heavy atom. The second-order valence-corrected chi connectivity index (χ2v) is 7.88. The van der Waals surface area contributed by atoms with E-state index in [1.807, 2.05) is 0 Å². The summed E-state index contributed by atoms with van der Waals surface area (Å²) in [7, 11) is 1.58. The smallest absolute Gasteiger partial charge is 0.251 e. The van der Waals surface area contributed by atoms with Gasteiger partial charge in [-0.1, -0.05) is 12.8 Å². The van der Waals surface area contributed by atoms with Gasteiger partial charge >= 0.3 is 0 Å². The highest BCUT2D eigenvalue weighted by Gasteiger charge is 2.23. The molecule has 4 rings (SSSR count). The van der Waals surface area contributed by atoms with Gasteiger partial charge in [-0.25, -0.2) is 4.39 Å². The number of halogens is 1. The lowest BCUT2D eigenvalue weighted by Crippen LogP contribution is -2.44. The van der Waals surface area contributed by atoms with Crippen LogP contribution in [0.2, 0.25) is 0 Å². The van der Waals surface area contributed by atoms with Gasteiger partial charge < -0.3 is 15.0 Å². The topological polar surface area (TPSA) is 102 Å². The molecule has 1 aliphatic carbocycles. The molecular weight excluding hydrogens is 427 g/mol.